The highest BCUT2D eigenvalue weighted by molar-refractivity contribution is 7.89. The van der Waals surface area contributed by atoms with E-state index in [1.54, 1.807) is 42.5 Å². The van der Waals surface area contributed by atoms with Crippen LogP contribution in [0.5, 0.6) is 0 Å². The van der Waals surface area contributed by atoms with E-state index in [1.807, 2.05) is 6.92 Å². The molecule has 1 aliphatic rings. The van der Waals surface area contributed by atoms with E-state index < -0.39 is 10.0 Å². The van der Waals surface area contributed by atoms with Crippen LogP contribution >= 0.6 is 11.6 Å². The minimum absolute atomic E-state index is 0.247. The molecule has 4 rings (SSSR count). The maximum atomic E-state index is 12.8. The predicted octanol–water partition coefficient (Wildman–Crippen LogP) is 4.15. The van der Waals surface area contributed by atoms with Crippen LogP contribution in [-0.4, -0.2) is 36.0 Å². The third kappa shape index (κ3) is 3.50. The van der Waals surface area contributed by atoms with Crippen molar-refractivity contribution in [1.82, 2.24) is 14.5 Å². The molecular formula is C19H18ClN3O3S. The fourth-order valence-corrected chi connectivity index (χ4v) is 4.78. The minimum Gasteiger partial charge on any atom is -0.416 e. The van der Waals surface area contributed by atoms with Crippen LogP contribution in [0.1, 0.15) is 18.4 Å². The van der Waals surface area contributed by atoms with Gasteiger partial charge in [-0.15, -0.1) is 10.2 Å². The lowest BCUT2D eigenvalue weighted by atomic mass is 10.1. The molecule has 0 saturated carbocycles. The van der Waals surface area contributed by atoms with Gasteiger partial charge in [-0.3, -0.25) is 0 Å². The van der Waals surface area contributed by atoms with Gasteiger partial charge in [0.15, 0.2) is 0 Å². The summed E-state index contributed by atoms with van der Waals surface area (Å²) in [7, 11) is -3.51. The molecule has 0 radical (unpaired) electrons. The standard InChI is InChI=1S/C19H18ClN3O3S/c1-13-4-9-16(27(24,25)23-10-2-3-11-23)12-17(13)19-22-21-18(26-19)14-5-7-15(20)8-6-14/h4-9,12H,2-3,10-11H2,1H3. The van der Waals surface area contributed by atoms with E-state index in [0.717, 1.165) is 24.0 Å². The fourth-order valence-electron chi connectivity index (χ4n) is 3.11. The maximum absolute atomic E-state index is 12.8. The highest BCUT2D eigenvalue weighted by atomic mass is 35.5. The lowest BCUT2D eigenvalue weighted by molar-refractivity contribution is 0.477. The molecule has 1 aliphatic heterocycles. The van der Waals surface area contributed by atoms with E-state index in [-0.39, 0.29) is 10.8 Å². The number of sulfonamides is 1. The topological polar surface area (TPSA) is 76.3 Å². The molecule has 1 fully saturated rings. The summed E-state index contributed by atoms with van der Waals surface area (Å²) in [5.74, 6) is 0.643. The Morgan fingerprint density at radius 2 is 1.67 bits per heavy atom. The fraction of sp³-hybridized carbons (Fsp3) is 0.263. The Balaban J connectivity index is 1.71. The number of aryl methyl sites for hydroxylation is 1. The summed E-state index contributed by atoms with van der Waals surface area (Å²) in [6.07, 6.45) is 1.79. The normalized spacial score (nSPS) is 15.3. The van der Waals surface area contributed by atoms with Crippen molar-refractivity contribution in [2.24, 2.45) is 0 Å². The monoisotopic (exact) mass is 403 g/mol. The Hall–Kier alpha value is -2.22. The Bertz CT molecular complexity index is 1070. The van der Waals surface area contributed by atoms with Crippen molar-refractivity contribution in [3.05, 3.63) is 53.1 Å². The van der Waals surface area contributed by atoms with Crippen molar-refractivity contribution in [1.29, 1.82) is 0 Å². The van der Waals surface area contributed by atoms with Crippen molar-refractivity contribution in [3.8, 4) is 22.9 Å². The van der Waals surface area contributed by atoms with Crippen LogP contribution in [-0.2, 0) is 10.0 Å². The van der Waals surface area contributed by atoms with E-state index in [0.29, 0.717) is 29.6 Å². The molecular weight excluding hydrogens is 386 g/mol. The Labute approximate surface area is 162 Å². The van der Waals surface area contributed by atoms with Crippen LogP contribution in [0.25, 0.3) is 22.9 Å². The molecule has 0 bridgehead atoms. The van der Waals surface area contributed by atoms with E-state index in [1.165, 1.54) is 4.31 Å². The molecule has 0 aliphatic carbocycles. The van der Waals surface area contributed by atoms with Gasteiger partial charge in [-0.1, -0.05) is 17.7 Å². The zero-order valence-electron chi connectivity index (χ0n) is 14.7. The molecule has 0 atom stereocenters. The Kier molecular flexibility index (Phi) is 4.75. The Morgan fingerprint density at radius 1 is 1.00 bits per heavy atom. The zero-order valence-corrected chi connectivity index (χ0v) is 16.3. The van der Waals surface area contributed by atoms with Crippen molar-refractivity contribution in [3.63, 3.8) is 0 Å². The third-order valence-corrected chi connectivity index (χ3v) is 6.81. The molecule has 0 N–H and O–H groups in total. The molecule has 6 nitrogen and oxygen atoms in total. The molecule has 3 aromatic rings. The van der Waals surface area contributed by atoms with Crippen molar-refractivity contribution in [2.75, 3.05) is 13.1 Å². The van der Waals surface area contributed by atoms with Gasteiger partial charge in [-0.2, -0.15) is 4.31 Å². The molecule has 27 heavy (non-hydrogen) atoms. The first-order valence-electron chi connectivity index (χ1n) is 8.66. The summed E-state index contributed by atoms with van der Waals surface area (Å²) >= 11 is 5.91. The molecule has 2 heterocycles. The number of aromatic nitrogens is 2. The minimum atomic E-state index is -3.51. The van der Waals surface area contributed by atoms with Crippen LogP contribution in [0, 0.1) is 6.92 Å². The molecule has 140 valence electrons. The summed E-state index contributed by atoms with van der Waals surface area (Å²) in [4.78, 5) is 0.247. The third-order valence-electron chi connectivity index (χ3n) is 4.66. The molecule has 2 aromatic carbocycles. The van der Waals surface area contributed by atoms with Gasteiger partial charge in [-0.05, 0) is 61.7 Å². The van der Waals surface area contributed by atoms with Gasteiger partial charge < -0.3 is 4.42 Å². The summed E-state index contributed by atoms with van der Waals surface area (Å²) in [5.41, 5.74) is 2.22. The van der Waals surface area contributed by atoms with Crippen molar-refractivity contribution >= 4 is 21.6 Å². The van der Waals surface area contributed by atoms with E-state index in [2.05, 4.69) is 10.2 Å². The first kappa shape index (κ1) is 18.2. The second kappa shape index (κ2) is 7.07. The van der Waals surface area contributed by atoms with Gasteiger partial charge in [-0.25, -0.2) is 8.42 Å². The lowest BCUT2D eigenvalue weighted by Gasteiger charge is -2.16. The summed E-state index contributed by atoms with van der Waals surface area (Å²) in [6.45, 7) is 3.01. The molecule has 0 spiro atoms. The number of hydrogen-bond acceptors (Lipinski definition) is 5. The van der Waals surface area contributed by atoms with Crippen LogP contribution in [0.15, 0.2) is 51.8 Å². The van der Waals surface area contributed by atoms with E-state index in [4.69, 9.17) is 16.0 Å². The lowest BCUT2D eigenvalue weighted by Crippen LogP contribution is -2.27. The van der Waals surface area contributed by atoms with Crippen LogP contribution in [0.4, 0.5) is 0 Å². The quantitative estimate of drug-likeness (QED) is 0.654. The van der Waals surface area contributed by atoms with Crippen molar-refractivity contribution < 1.29 is 12.8 Å². The molecule has 1 saturated heterocycles. The number of hydrogen-bond donors (Lipinski definition) is 0. The highest BCUT2D eigenvalue weighted by Crippen LogP contribution is 2.30. The number of nitrogens with zero attached hydrogens (tertiary/aromatic N) is 3. The molecule has 0 unspecified atom stereocenters. The van der Waals surface area contributed by atoms with Crippen LogP contribution < -0.4 is 0 Å². The first-order valence-corrected chi connectivity index (χ1v) is 10.5. The molecule has 8 heteroatoms. The molecule has 0 amide bonds. The average Bonchev–Trinajstić information content (AvgIpc) is 3.35. The SMILES string of the molecule is Cc1ccc(S(=O)(=O)N2CCCC2)cc1-c1nnc(-c2ccc(Cl)cc2)o1. The van der Waals surface area contributed by atoms with Crippen LogP contribution in [0.2, 0.25) is 5.02 Å². The summed E-state index contributed by atoms with van der Waals surface area (Å²) < 4.78 is 33.0. The highest BCUT2D eigenvalue weighted by Gasteiger charge is 2.28. The van der Waals surface area contributed by atoms with Gasteiger partial charge in [0.1, 0.15) is 0 Å². The smallest absolute Gasteiger partial charge is 0.248 e. The number of rotatable bonds is 4. The summed E-state index contributed by atoms with van der Waals surface area (Å²) in [6, 6.07) is 12.1. The van der Waals surface area contributed by atoms with Gasteiger partial charge in [0.05, 0.1) is 4.90 Å². The zero-order chi connectivity index (χ0) is 19.0. The van der Waals surface area contributed by atoms with E-state index in [9.17, 15) is 8.42 Å². The second-order valence-corrected chi connectivity index (χ2v) is 8.88. The number of benzene rings is 2. The van der Waals surface area contributed by atoms with E-state index >= 15 is 0 Å². The largest absolute Gasteiger partial charge is 0.416 e. The Morgan fingerprint density at radius 3 is 2.37 bits per heavy atom. The number of halogens is 1. The molecule has 1 aromatic heterocycles. The average molecular weight is 404 g/mol. The summed E-state index contributed by atoms with van der Waals surface area (Å²) in [5, 5.41) is 8.81. The first-order chi connectivity index (χ1) is 12.9. The van der Waals surface area contributed by atoms with Gasteiger partial charge in [0.25, 0.3) is 0 Å². The van der Waals surface area contributed by atoms with Crippen LogP contribution in [0.3, 0.4) is 0 Å². The maximum Gasteiger partial charge on any atom is 0.248 e. The van der Waals surface area contributed by atoms with Gasteiger partial charge >= 0.3 is 0 Å². The predicted molar refractivity (Wildman–Crippen MR) is 103 cm³/mol. The van der Waals surface area contributed by atoms with Gasteiger partial charge in [0.2, 0.25) is 21.8 Å². The van der Waals surface area contributed by atoms with Crippen molar-refractivity contribution in [2.45, 2.75) is 24.7 Å². The van der Waals surface area contributed by atoms with Gasteiger partial charge in [0, 0.05) is 29.2 Å². The second-order valence-electron chi connectivity index (χ2n) is 6.51.